The molecule has 2 aromatic carbocycles. The second-order valence-electron chi connectivity index (χ2n) is 5.73. The van der Waals surface area contributed by atoms with Crippen molar-refractivity contribution in [3.8, 4) is 6.07 Å². The monoisotopic (exact) mass is 358 g/mol. The number of anilines is 2. The molecule has 9 heteroatoms. The minimum atomic E-state index is -0.218. The molecule has 0 bridgehead atoms. The van der Waals surface area contributed by atoms with Crippen molar-refractivity contribution in [2.75, 3.05) is 11.9 Å². The summed E-state index contributed by atoms with van der Waals surface area (Å²) in [7, 11) is 0. The minimum Gasteiger partial charge on any atom is -0.351 e. The molecule has 27 heavy (non-hydrogen) atoms. The number of nitrogens with one attached hydrogen (secondary N) is 2. The van der Waals surface area contributed by atoms with Gasteiger partial charge in [0.1, 0.15) is 0 Å². The maximum Gasteiger partial charge on any atom is 0.251 e. The fraction of sp³-hybridized carbons (Fsp3) is 0.111. The molecule has 4 rings (SSSR count). The zero-order valence-corrected chi connectivity index (χ0v) is 14.1. The van der Waals surface area contributed by atoms with Crippen LogP contribution in [0, 0.1) is 11.3 Å². The number of aromatic nitrogens is 5. The van der Waals surface area contributed by atoms with Crippen LogP contribution in [0.5, 0.6) is 0 Å². The first-order valence-electron chi connectivity index (χ1n) is 8.25. The van der Waals surface area contributed by atoms with Crippen molar-refractivity contribution in [2.24, 2.45) is 0 Å². The van der Waals surface area contributed by atoms with E-state index in [-0.39, 0.29) is 12.3 Å². The van der Waals surface area contributed by atoms with E-state index in [1.165, 1.54) is 0 Å². The summed E-state index contributed by atoms with van der Waals surface area (Å²) >= 11 is 0. The van der Waals surface area contributed by atoms with Crippen LogP contribution in [-0.4, -0.2) is 37.5 Å². The first-order chi connectivity index (χ1) is 13.3. The van der Waals surface area contributed by atoms with Gasteiger partial charge in [-0.25, -0.2) is 4.98 Å². The standard InChI is InChI=1S/C18H14N8O/c19-10-3-11-20-18(27)12-6-8-13(9-7-12)21-16-17-23-24-25-26(17)15-5-2-1-4-14(15)22-16/h1-2,4-9H,3,11H2,(H,20,27)(H,21,22). The topological polar surface area (TPSA) is 121 Å². The number of rotatable bonds is 5. The van der Waals surface area contributed by atoms with E-state index >= 15 is 0 Å². The molecule has 9 nitrogen and oxygen atoms in total. The van der Waals surface area contributed by atoms with Crippen LogP contribution in [0.25, 0.3) is 16.7 Å². The van der Waals surface area contributed by atoms with Crippen molar-refractivity contribution in [3.63, 3.8) is 0 Å². The summed E-state index contributed by atoms with van der Waals surface area (Å²) in [6.07, 6.45) is 0.279. The average molecular weight is 358 g/mol. The molecular formula is C18H14N8O. The van der Waals surface area contributed by atoms with Gasteiger partial charge in [0.2, 0.25) is 5.65 Å². The summed E-state index contributed by atoms with van der Waals surface area (Å²) in [5, 5.41) is 26.2. The Morgan fingerprint density at radius 3 is 2.78 bits per heavy atom. The highest BCUT2D eigenvalue weighted by molar-refractivity contribution is 5.94. The number of para-hydroxylation sites is 2. The van der Waals surface area contributed by atoms with Gasteiger partial charge >= 0.3 is 0 Å². The second-order valence-corrected chi connectivity index (χ2v) is 5.73. The lowest BCUT2D eigenvalue weighted by Crippen LogP contribution is -2.24. The number of amides is 1. The predicted molar refractivity (Wildman–Crippen MR) is 98.4 cm³/mol. The maximum atomic E-state index is 12.0. The van der Waals surface area contributed by atoms with E-state index in [1.54, 1.807) is 28.8 Å². The van der Waals surface area contributed by atoms with E-state index in [9.17, 15) is 4.79 Å². The van der Waals surface area contributed by atoms with Gasteiger partial charge in [0.25, 0.3) is 5.91 Å². The number of nitriles is 1. The van der Waals surface area contributed by atoms with Gasteiger partial charge in [-0.3, -0.25) is 4.79 Å². The van der Waals surface area contributed by atoms with Crippen molar-refractivity contribution in [2.45, 2.75) is 6.42 Å². The van der Waals surface area contributed by atoms with E-state index in [4.69, 9.17) is 5.26 Å². The van der Waals surface area contributed by atoms with Crippen LogP contribution in [0.2, 0.25) is 0 Å². The zero-order chi connectivity index (χ0) is 18.6. The predicted octanol–water partition coefficient (Wildman–Crippen LogP) is 2.06. The molecule has 2 N–H and O–H groups in total. The summed E-state index contributed by atoms with van der Waals surface area (Å²) < 4.78 is 1.63. The molecule has 0 aliphatic rings. The third-order valence-corrected chi connectivity index (χ3v) is 3.96. The molecule has 0 unspecified atom stereocenters. The third-order valence-electron chi connectivity index (χ3n) is 3.96. The lowest BCUT2D eigenvalue weighted by atomic mass is 10.2. The maximum absolute atomic E-state index is 12.0. The van der Waals surface area contributed by atoms with Gasteiger partial charge in [-0.1, -0.05) is 12.1 Å². The Bertz CT molecular complexity index is 1160. The largest absolute Gasteiger partial charge is 0.351 e. The fourth-order valence-corrected chi connectivity index (χ4v) is 2.66. The Labute approximate surface area is 153 Å². The summed E-state index contributed by atoms with van der Waals surface area (Å²) in [6.45, 7) is 0.328. The summed E-state index contributed by atoms with van der Waals surface area (Å²) in [5.41, 5.74) is 3.34. The highest BCUT2D eigenvalue weighted by atomic mass is 16.1. The lowest BCUT2D eigenvalue weighted by molar-refractivity contribution is 0.0954. The fourth-order valence-electron chi connectivity index (χ4n) is 2.66. The summed E-state index contributed by atoms with van der Waals surface area (Å²) in [4.78, 5) is 16.6. The minimum absolute atomic E-state index is 0.218. The van der Waals surface area contributed by atoms with Crippen LogP contribution in [0.3, 0.4) is 0 Å². The van der Waals surface area contributed by atoms with Crippen molar-refractivity contribution < 1.29 is 4.79 Å². The first kappa shape index (κ1) is 16.4. The van der Waals surface area contributed by atoms with Crippen LogP contribution in [0.4, 0.5) is 11.5 Å². The van der Waals surface area contributed by atoms with Crippen molar-refractivity contribution in [3.05, 3.63) is 54.1 Å². The van der Waals surface area contributed by atoms with E-state index in [0.29, 0.717) is 23.6 Å². The Hall–Kier alpha value is -4.06. The molecule has 0 spiro atoms. The smallest absolute Gasteiger partial charge is 0.251 e. The number of tetrazole rings is 1. The van der Waals surface area contributed by atoms with Gasteiger partial charge in [0.05, 0.1) is 23.5 Å². The number of hydrogen-bond acceptors (Lipinski definition) is 7. The van der Waals surface area contributed by atoms with Gasteiger partial charge in [-0.05, 0) is 46.8 Å². The Morgan fingerprint density at radius 2 is 1.96 bits per heavy atom. The zero-order valence-electron chi connectivity index (χ0n) is 14.1. The lowest BCUT2D eigenvalue weighted by Gasteiger charge is -2.09. The summed E-state index contributed by atoms with van der Waals surface area (Å²) in [5.74, 6) is 0.301. The number of fused-ring (bicyclic) bond motifs is 3. The summed E-state index contributed by atoms with van der Waals surface area (Å²) in [6, 6.07) is 16.5. The highest BCUT2D eigenvalue weighted by Crippen LogP contribution is 2.22. The van der Waals surface area contributed by atoms with E-state index in [0.717, 1.165) is 16.7 Å². The van der Waals surface area contributed by atoms with E-state index in [1.807, 2.05) is 30.3 Å². The SMILES string of the molecule is N#CCCNC(=O)c1ccc(Nc2nc3ccccc3n3nnnc23)cc1. The molecule has 0 aliphatic carbocycles. The van der Waals surface area contributed by atoms with Gasteiger partial charge in [-0.15, -0.1) is 5.10 Å². The van der Waals surface area contributed by atoms with Crippen molar-refractivity contribution in [1.29, 1.82) is 5.26 Å². The molecule has 4 aromatic rings. The normalized spacial score (nSPS) is 10.6. The van der Waals surface area contributed by atoms with Crippen molar-refractivity contribution in [1.82, 2.24) is 30.3 Å². The third kappa shape index (κ3) is 3.23. The highest BCUT2D eigenvalue weighted by Gasteiger charge is 2.12. The first-order valence-corrected chi connectivity index (χ1v) is 8.25. The molecule has 132 valence electrons. The molecule has 2 heterocycles. The van der Waals surface area contributed by atoms with Crippen LogP contribution < -0.4 is 10.6 Å². The van der Waals surface area contributed by atoms with E-state index in [2.05, 4.69) is 31.1 Å². The quantitative estimate of drug-likeness (QED) is 0.524. The van der Waals surface area contributed by atoms with Gasteiger partial charge in [0.15, 0.2) is 5.82 Å². The number of benzene rings is 2. The molecule has 0 atom stereocenters. The Kier molecular flexibility index (Phi) is 4.29. The van der Waals surface area contributed by atoms with E-state index < -0.39 is 0 Å². The molecular weight excluding hydrogens is 344 g/mol. The van der Waals surface area contributed by atoms with Crippen LogP contribution in [0.15, 0.2) is 48.5 Å². The van der Waals surface area contributed by atoms with Gasteiger partial charge in [0, 0.05) is 17.8 Å². The van der Waals surface area contributed by atoms with Gasteiger partial charge in [-0.2, -0.15) is 9.78 Å². The van der Waals surface area contributed by atoms with Crippen LogP contribution >= 0.6 is 0 Å². The number of hydrogen-bond donors (Lipinski definition) is 2. The Balaban J connectivity index is 1.59. The molecule has 0 saturated carbocycles. The molecule has 0 aliphatic heterocycles. The molecule has 0 radical (unpaired) electrons. The van der Waals surface area contributed by atoms with Crippen LogP contribution in [0.1, 0.15) is 16.8 Å². The van der Waals surface area contributed by atoms with Crippen molar-refractivity contribution >= 4 is 34.1 Å². The van der Waals surface area contributed by atoms with Crippen LogP contribution in [-0.2, 0) is 0 Å². The number of carbonyl (C=O) groups is 1. The van der Waals surface area contributed by atoms with Gasteiger partial charge < -0.3 is 10.6 Å². The molecule has 1 amide bonds. The number of nitrogens with zero attached hydrogens (tertiary/aromatic N) is 6. The Morgan fingerprint density at radius 1 is 1.15 bits per heavy atom. The molecule has 0 fully saturated rings. The molecule has 2 aromatic heterocycles. The molecule has 0 saturated heterocycles. The second kappa shape index (κ2) is 7.05. The average Bonchev–Trinajstić information content (AvgIpc) is 3.19. The number of carbonyl (C=O) groups excluding carboxylic acids is 1.